The van der Waals surface area contributed by atoms with Crippen molar-refractivity contribution in [2.45, 2.75) is 40.2 Å². The second kappa shape index (κ2) is 8.98. The lowest BCUT2D eigenvalue weighted by molar-refractivity contribution is -0.132. The minimum absolute atomic E-state index is 0.0162. The average Bonchev–Trinajstić information content (AvgIpc) is 2.30. The summed E-state index contributed by atoms with van der Waals surface area (Å²) < 4.78 is 0. The monoisotopic (exact) mass is 243 g/mol. The normalized spacial score (nSPS) is 12.0. The van der Waals surface area contributed by atoms with Crippen LogP contribution >= 0.6 is 0 Å². The molecule has 0 aliphatic rings. The van der Waals surface area contributed by atoms with Crippen molar-refractivity contribution in [3.05, 3.63) is 0 Å². The molecular weight excluding hydrogens is 218 g/mol. The molecule has 0 aromatic carbocycles. The van der Waals surface area contributed by atoms with Gasteiger partial charge in [-0.15, -0.1) is 0 Å². The van der Waals surface area contributed by atoms with Crippen LogP contribution in [0.2, 0.25) is 0 Å². The Balaban J connectivity index is 3.89. The second-order valence-corrected chi connectivity index (χ2v) is 3.89. The molecule has 0 saturated heterocycles. The van der Waals surface area contributed by atoms with Crippen molar-refractivity contribution in [2.24, 2.45) is 0 Å². The molecule has 0 aliphatic carbocycles. The smallest absolute Gasteiger partial charge is 0.239 e. The Morgan fingerprint density at radius 3 is 2.24 bits per heavy atom. The van der Waals surface area contributed by atoms with Crippen molar-refractivity contribution in [2.75, 3.05) is 26.2 Å². The Bertz CT molecular complexity index is 240. The summed E-state index contributed by atoms with van der Waals surface area (Å²) in [7, 11) is 0. The van der Waals surface area contributed by atoms with Crippen LogP contribution in [0, 0.1) is 0 Å². The number of hydrogen-bond donors (Lipinski definition) is 2. The Morgan fingerprint density at radius 2 is 1.76 bits per heavy atom. The van der Waals surface area contributed by atoms with E-state index in [9.17, 15) is 9.59 Å². The van der Waals surface area contributed by atoms with E-state index in [1.54, 1.807) is 4.90 Å². The minimum Gasteiger partial charge on any atom is -0.356 e. The van der Waals surface area contributed by atoms with E-state index in [2.05, 4.69) is 10.6 Å². The van der Waals surface area contributed by atoms with Crippen LogP contribution in [0.25, 0.3) is 0 Å². The molecule has 17 heavy (non-hydrogen) atoms. The predicted octanol–water partition coefficient (Wildman–Crippen LogP) is 0.359. The van der Waals surface area contributed by atoms with Gasteiger partial charge in [0, 0.05) is 32.6 Å². The SMILES string of the molecule is CCNC(=O)CCNC(C)C(=O)N(CC)CC. The van der Waals surface area contributed by atoms with Gasteiger partial charge < -0.3 is 15.5 Å². The van der Waals surface area contributed by atoms with E-state index in [4.69, 9.17) is 0 Å². The van der Waals surface area contributed by atoms with Crippen molar-refractivity contribution < 1.29 is 9.59 Å². The van der Waals surface area contributed by atoms with Crippen LogP contribution in [0.1, 0.15) is 34.1 Å². The lowest BCUT2D eigenvalue weighted by atomic mass is 10.2. The first-order chi connectivity index (χ1) is 8.06. The molecule has 1 unspecified atom stereocenters. The molecule has 0 heterocycles. The van der Waals surface area contributed by atoms with Gasteiger partial charge in [-0.05, 0) is 27.7 Å². The Labute approximate surface area is 104 Å². The highest BCUT2D eigenvalue weighted by molar-refractivity contribution is 5.81. The number of nitrogens with one attached hydrogen (secondary N) is 2. The van der Waals surface area contributed by atoms with Crippen molar-refractivity contribution >= 4 is 11.8 Å². The van der Waals surface area contributed by atoms with Crippen LogP contribution in [0.15, 0.2) is 0 Å². The zero-order chi connectivity index (χ0) is 13.3. The lowest BCUT2D eigenvalue weighted by Crippen LogP contribution is -2.45. The zero-order valence-electron chi connectivity index (χ0n) is 11.4. The maximum Gasteiger partial charge on any atom is 0.239 e. The molecule has 0 spiro atoms. The average molecular weight is 243 g/mol. The van der Waals surface area contributed by atoms with Crippen molar-refractivity contribution in [3.8, 4) is 0 Å². The molecule has 0 bridgehead atoms. The van der Waals surface area contributed by atoms with Crippen molar-refractivity contribution in [1.82, 2.24) is 15.5 Å². The topological polar surface area (TPSA) is 61.4 Å². The van der Waals surface area contributed by atoms with Gasteiger partial charge in [0.25, 0.3) is 0 Å². The van der Waals surface area contributed by atoms with E-state index in [-0.39, 0.29) is 17.9 Å². The van der Waals surface area contributed by atoms with Crippen LogP contribution < -0.4 is 10.6 Å². The first-order valence-electron chi connectivity index (χ1n) is 6.35. The summed E-state index contributed by atoms with van der Waals surface area (Å²) in [5, 5.41) is 5.79. The molecule has 1 atom stereocenters. The maximum absolute atomic E-state index is 11.9. The van der Waals surface area contributed by atoms with Gasteiger partial charge in [0.05, 0.1) is 6.04 Å². The third-order valence-electron chi connectivity index (χ3n) is 2.62. The highest BCUT2D eigenvalue weighted by Gasteiger charge is 2.17. The quantitative estimate of drug-likeness (QED) is 0.647. The third kappa shape index (κ3) is 6.26. The Hall–Kier alpha value is -1.10. The molecule has 0 rings (SSSR count). The predicted molar refractivity (Wildman–Crippen MR) is 68.7 cm³/mol. The summed E-state index contributed by atoms with van der Waals surface area (Å²) >= 11 is 0. The number of hydrogen-bond acceptors (Lipinski definition) is 3. The number of likely N-dealkylation sites (N-methyl/N-ethyl adjacent to an activating group) is 1. The summed E-state index contributed by atoms with van der Waals surface area (Å²) in [6.07, 6.45) is 0.406. The fourth-order valence-electron chi connectivity index (χ4n) is 1.58. The highest BCUT2D eigenvalue weighted by atomic mass is 16.2. The standard InChI is InChI=1S/C12H25N3O2/c1-5-13-11(16)8-9-14-10(4)12(17)15(6-2)7-3/h10,14H,5-9H2,1-4H3,(H,13,16). The first kappa shape index (κ1) is 15.9. The number of carbonyl (C=O) groups excluding carboxylic acids is 2. The van der Waals surface area contributed by atoms with Gasteiger partial charge in [0.1, 0.15) is 0 Å². The van der Waals surface area contributed by atoms with E-state index < -0.39 is 0 Å². The molecule has 2 N–H and O–H groups in total. The van der Waals surface area contributed by atoms with E-state index in [0.29, 0.717) is 19.5 Å². The Morgan fingerprint density at radius 1 is 1.18 bits per heavy atom. The van der Waals surface area contributed by atoms with Gasteiger partial charge in [-0.25, -0.2) is 0 Å². The van der Waals surface area contributed by atoms with Crippen LogP contribution in [0.5, 0.6) is 0 Å². The molecule has 0 saturated carbocycles. The minimum atomic E-state index is -0.232. The molecule has 100 valence electrons. The van der Waals surface area contributed by atoms with Gasteiger partial charge in [-0.2, -0.15) is 0 Å². The number of rotatable bonds is 8. The van der Waals surface area contributed by atoms with Crippen LogP contribution in [0.4, 0.5) is 0 Å². The number of carbonyl (C=O) groups is 2. The van der Waals surface area contributed by atoms with Crippen LogP contribution in [-0.4, -0.2) is 48.9 Å². The number of nitrogens with zero attached hydrogens (tertiary/aromatic N) is 1. The van der Waals surface area contributed by atoms with Crippen LogP contribution in [0.3, 0.4) is 0 Å². The van der Waals surface area contributed by atoms with E-state index >= 15 is 0 Å². The molecule has 0 aromatic rings. The molecular formula is C12H25N3O2. The maximum atomic E-state index is 11.9. The summed E-state index contributed by atoms with van der Waals surface area (Å²) in [4.78, 5) is 24.8. The van der Waals surface area contributed by atoms with E-state index in [0.717, 1.165) is 13.1 Å². The van der Waals surface area contributed by atoms with Crippen molar-refractivity contribution in [3.63, 3.8) is 0 Å². The Kier molecular flexibility index (Phi) is 8.40. The highest BCUT2D eigenvalue weighted by Crippen LogP contribution is 1.94. The third-order valence-corrected chi connectivity index (χ3v) is 2.62. The zero-order valence-corrected chi connectivity index (χ0v) is 11.4. The lowest BCUT2D eigenvalue weighted by Gasteiger charge is -2.23. The van der Waals surface area contributed by atoms with Crippen LogP contribution in [-0.2, 0) is 9.59 Å². The molecule has 0 aromatic heterocycles. The van der Waals surface area contributed by atoms with Crippen molar-refractivity contribution in [1.29, 1.82) is 0 Å². The van der Waals surface area contributed by atoms with Gasteiger partial charge in [0.15, 0.2) is 0 Å². The molecule has 5 heteroatoms. The van der Waals surface area contributed by atoms with Gasteiger partial charge in [-0.3, -0.25) is 9.59 Å². The second-order valence-electron chi connectivity index (χ2n) is 3.89. The summed E-state index contributed by atoms with van der Waals surface area (Å²) in [6.45, 7) is 10.3. The van der Waals surface area contributed by atoms with Gasteiger partial charge in [0.2, 0.25) is 11.8 Å². The number of amides is 2. The largest absolute Gasteiger partial charge is 0.356 e. The van der Waals surface area contributed by atoms with Gasteiger partial charge in [-0.1, -0.05) is 0 Å². The fraction of sp³-hybridized carbons (Fsp3) is 0.833. The summed E-state index contributed by atoms with van der Waals surface area (Å²) in [5.74, 6) is 0.105. The molecule has 5 nitrogen and oxygen atoms in total. The fourth-order valence-corrected chi connectivity index (χ4v) is 1.58. The molecule has 0 fully saturated rings. The molecule has 2 amide bonds. The van der Waals surface area contributed by atoms with Gasteiger partial charge >= 0.3 is 0 Å². The summed E-state index contributed by atoms with van der Waals surface area (Å²) in [6, 6.07) is -0.232. The first-order valence-corrected chi connectivity index (χ1v) is 6.35. The summed E-state index contributed by atoms with van der Waals surface area (Å²) in [5.41, 5.74) is 0. The van der Waals surface area contributed by atoms with E-state index in [1.165, 1.54) is 0 Å². The molecule has 0 radical (unpaired) electrons. The van der Waals surface area contributed by atoms with E-state index in [1.807, 2.05) is 27.7 Å². The molecule has 0 aliphatic heterocycles.